The van der Waals surface area contributed by atoms with E-state index in [4.69, 9.17) is 4.74 Å². The Bertz CT molecular complexity index is 529. The van der Waals surface area contributed by atoms with E-state index in [2.05, 4.69) is 10.3 Å². The Morgan fingerprint density at radius 2 is 2.19 bits per heavy atom. The maximum Gasteiger partial charge on any atom is 0.433 e. The van der Waals surface area contributed by atoms with Crippen molar-refractivity contribution in [1.29, 1.82) is 0 Å². The highest BCUT2D eigenvalue weighted by Crippen LogP contribution is 2.29. The molecule has 4 nitrogen and oxygen atoms in total. The van der Waals surface area contributed by atoms with Gasteiger partial charge in [-0.15, -0.1) is 0 Å². The Kier molecular flexibility index (Phi) is 4.22. The first-order valence-corrected chi connectivity index (χ1v) is 6.66. The van der Waals surface area contributed by atoms with Crippen LogP contribution in [0.1, 0.15) is 38.1 Å². The van der Waals surface area contributed by atoms with Gasteiger partial charge in [0.2, 0.25) is 5.91 Å². The predicted octanol–water partition coefficient (Wildman–Crippen LogP) is 2.67. The molecule has 0 aliphatic carbocycles. The Morgan fingerprint density at radius 1 is 1.48 bits per heavy atom. The van der Waals surface area contributed by atoms with E-state index in [1.165, 1.54) is 12.1 Å². The Balaban J connectivity index is 1.93. The number of hydrogen-bond acceptors (Lipinski definition) is 3. The smallest absolute Gasteiger partial charge is 0.363 e. The molecule has 1 N–H and O–H groups in total. The molecule has 1 aromatic rings. The van der Waals surface area contributed by atoms with Crippen molar-refractivity contribution in [2.75, 3.05) is 0 Å². The molecule has 0 saturated carbocycles. The first-order chi connectivity index (χ1) is 9.67. The van der Waals surface area contributed by atoms with Crippen molar-refractivity contribution in [3.63, 3.8) is 0 Å². The predicted molar refractivity (Wildman–Crippen MR) is 69.3 cm³/mol. The summed E-state index contributed by atoms with van der Waals surface area (Å²) in [4.78, 5) is 15.4. The van der Waals surface area contributed by atoms with Gasteiger partial charge in [-0.2, -0.15) is 13.2 Å². The number of halogens is 3. The topological polar surface area (TPSA) is 51.2 Å². The van der Waals surface area contributed by atoms with E-state index in [0.717, 1.165) is 12.5 Å². The minimum atomic E-state index is -4.49. The van der Waals surface area contributed by atoms with Crippen LogP contribution >= 0.6 is 0 Å². The zero-order chi connectivity index (χ0) is 15.7. The van der Waals surface area contributed by atoms with Crippen LogP contribution in [0.2, 0.25) is 0 Å². The van der Waals surface area contributed by atoms with Gasteiger partial charge in [-0.1, -0.05) is 6.07 Å². The summed E-state index contributed by atoms with van der Waals surface area (Å²) in [6.45, 7) is 3.74. The lowest BCUT2D eigenvalue weighted by Crippen LogP contribution is -2.35. The highest BCUT2D eigenvalue weighted by Gasteiger charge is 2.36. The van der Waals surface area contributed by atoms with Crippen molar-refractivity contribution in [3.05, 3.63) is 29.6 Å². The standard InChI is InChI=1S/C14H17F3N2O2/c1-13(2)7-6-10(21-13)12(20)18-8-9-4-3-5-11(19-9)14(15,16)17/h3-5,10H,6-8H2,1-2H3,(H,18,20). The average Bonchev–Trinajstić information content (AvgIpc) is 2.76. The number of nitrogens with zero attached hydrogens (tertiary/aromatic N) is 1. The number of hydrogen-bond donors (Lipinski definition) is 1. The second-order valence-electron chi connectivity index (χ2n) is 5.63. The van der Waals surface area contributed by atoms with Crippen LogP contribution in [-0.2, 0) is 22.3 Å². The molecule has 116 valence electrons. The van der Waals surface area contributed by atoms with Crippen molar-refractivity contribution in [2.45, 2.75) is 51.1 Å². The zero-order valence-electron chi connectivity index (χ0n) is 11.8. The second-order valence-corrected chi connectivity index (χ2v) is 5.63. The van der Waals surface area contributed by atoms with Crippen molar-refractivity contribution in [3.8, 4) is 0 Å². The summed E-state index contributed by atoms with van der Waals surface area (Å²) < 4.78 is 43.1. The first kappa shape index (κ1) is 15.8. The molecular weight excluding hydrogens is 285 g/mol. The van der Waals surface area contributed by atoms with Crippen molar-refractivity contribution < 1.29 is 22.7 Å². The molecule has 0 bridgehead atoms. The first-order valence-electron chi connectivity index (χ1n) is 6.66. The Labute approximate surface area is 120 Å². The minimum Gasteiger partial charge on any atom is -0.363 e. The summed E-state index contributed by atoms with van der Waals surface area (Å²) in [6.07, 6.45) is -3.66. The molecule has 0 aromatic carbocycles. The lowest BCUT2D eigenvalue weighted by atomic mass is 10.1. The molecule has 1 fully saturated rings. The number of pyridine rings is 1. The molecule has 7 heteroatoms. The molecule has 1 atom stereocenters. The van der Waals surface area contributed by atoms with Crippen LogP contribution in [0.3, 0.4) is 0 Å². The van der Waals surface area contributed by atoms with Gasteiger partial charge in [0.05, 0.1) is 17.8 Å². The van der Waals surface area contributed by atoms with E-state index >= 15 is 0 Å². The van der Waals surface area contributed by atoms with Crippen molar-refractivity contribution in [2.24, 2.45) is 0 Å². The molecule has 1 unspecified atom stereocenters. The highest BCUT2D eigenvalue weighted by atomic mass is 19.4. The largest absolute Gasteiger partial charge is 0.433 e. The Hall–Kier alpha value is -1.63. The number of nitrogens with one attached hydrogen (secondary N) is 1. The lowest BCUT2D eigenvalue weighted by molar-refractivity contribution is -0.141. The summed E-state index contributed by atoms with van der Waals surface area (Å²) in [5.41, 5.74) is -1.14. The van der Waals surface area contributed by atoms with Crippen LogP contribution in [0, 0.1) is 0 Å². The molecule has 1 aromatic heterocycles. The van der Waals surface area contributed by atoms with E-state index in [1.54, 1.807) is 0 Å². The third-order valence-electron chi connectivity index (χ3n) is 3.30. The monoisotopic (exact) mass is 302 g/mol. The van der Waals surface area contributed by atoms with E-state index in [0.29, 0.717) is 6.42 Å². The maximum atomic E-state index is 12.5. The van der Waals surface area contributed by atoms with Gasteiger partial charge < -0.3 is 10.1 Å². The number of aromatic nitrogens is 1. The molecule has 0 radical (unpaired) electrons. The Morgan fingerprint density at radius 3 is 2.76 bits per heavy atom. The SMILES string of the molecule is CC1(C)CCC(C(=O)NCc2cccc(C(F)(F)F)n2)O1. The van der Waals surface area contributed by atoms with Gasteiger partial charge in [0, 0.05) is 0 Å². The number of carbonyl (C=O) groups is 1. The molecule has 2 heterocycles. The fourth-order valence-corrected chi connectivity index (χ4v) is 2.19. The molecule has 1 aliphatic heterocycles. The summed E-state index contributed by atoms with van der Waals surface area (Å²) >= 11 is 0. The quantitative estimate of drug-likeness (QED) is 0.934. The molecule has 1 amide bonds. The summed E-state index contributed by atoms with van der Waals surface area (Å²) in [6, 6.07) is 3.61. The molecule has 2 rings (SSSR count). The van der Waals surface area contributed by atoms with E-state index in [9.17, 15) is 18.0 Å². The van der Waals surface area contributed by atoms with Crippen LogP contribution < -0.4 is 5.32 Å². The number of rotatable bonds is 3. The molecular formula is C14H17F3N2O2. The number of carbonyl (C=O) groups excluding carboxylic acids is 1. The van der Waals surface area contributed by atoms with Crippen LogP contribution in [-0.4, -0.2) is 22.6 Å². The zero-order valence-corrected chi connectivity index (χ0v) is 11.8. The van der Waals surface area contributed by atoms with E-state index in [-0.39, 0.29) is 23.7 Å². The van der Waals surface area contributed by atoms with Crippen LogP contribution in [0.5, 0.6) is 0 Å². The van der Waals surface area contributed by atoms with Crippen LogP contribution in [0.15, 0.2) is 18.2 Å². The molecule has 1 aliphatic rings. The van der Waals surface area contributed by atoms with Crippen LogP contribution in [0.4, 0.5) is 13.2 Å². The third kappa shape index (κ3) is 4.17. The van der Waals surface area contributed by atoms with Gasteiger partial charge >= 0.3 is 6.18 Å². The third-order valence-corrected chi connectivity index (χ3v) is 3.30. The van der Waals surface area contributed by atoms with Gasteiger partial charge in [-0.25, -0.2) is 4.98 Å². The minimum absolute atomic E-state index is 0.0525. The van der Waals surface area contributed by atoms with Crippen LogP contribution in [0.25, 0.3) is 0 Å². The summed E-state index contributed by atoms with van der Waals surface area (Å²) in [5, 5.41) is 2.56. The summed E-state index contributed by atoms with van der Waals surface area (Å²) in [5.74, 6) is -0.320. The normalized spacial score (nSPS) is 21.3. The molecule has 0 spiro atoms. The van der Waals surface area contributed by atoms with Gasteiger partial charge in [0.1, 0.15) is 11.8 Å². The maximum absolute atomic E-state index is 12.5. The summed E-state index contributed by atoms with van der Waals surface area (Å²) in [7, 11) is 0. The molecule has 21 heavy (non-hydrogen) atoms. The number of alkyl halides is 3. The fraction of sp³-hybridized carbons (Fsp3) is 0.571. The fourth-order valence-electron chi connectivity index (χ4n) is 2.19. The van der Waals surface area contributed by atoms with Gasteiger partial charge in [-0.3, -0.25) is 4.79 Å². The molecule has 1 saturated heterocycles. The van der Waals surface area contributed by atoms with E-state index in [1.807, 2.05) is 13.8 Å². The van der Waals surface area contributed by atoms with Gasteiger partial charge in [0.15, 0.2) is 0 Å². The lowest BCUT2D eigenvalue weighted by Gasteiger charge is -2.18. The van der Waals surface area contributed by atoms with Gasteiger partial charge in [0.25, 0.3) is 0 Å². The highest BCUT2D eigenvalue weighted by molar-refractivity contribution is 5.81. The average molecular weight is 302 g/mol. The van der Waals surface area contributed by atoms with Crippen molar-refractivity contribution in [1.82, 2.24) is 10.3 Å². The van der Waals surface area contributed by atoms with Crippen molar-refractivity contribution >= 4 is 5.91 Å². The number of ether oxygens (including phenoxy) is 1. The van der Waals surface area contributed by atoms with E-state index < -0.39 is 18.0 Å². The number of amides is 1. The second kappa shape index (κ2) is 5.63. The van der Waals surface area contributed by atoms with Gasteiger partial charge in [-0.05, 0) is 38.8 Å².